The van der Waals surface area contributed by atoms with E-state index in [0.29, 0.717) is 0 Å². The highest BCUT2D eigenvalue weighted by molar-refractivity contribution is 6.26. The lowest BCUT2D eigenvalue weighted by Gasteiger charge is -2.24. The zero-order valence-electron chi connectivity index (χ0n) is 25.0. The standard InChI is InChI=1S/C41H37N/c1-6-30(25-29(4)32-19-11-8-12-24-41(32)42(5)31-17-9-7-10-18-31)38-27-40-36-23-16-14-21-34(36)33-20-13-15-22-35(33)39(40)26-37(38)28(2)3/h6-18,20-27H,2,19H2,1,3-5H3/b29-25+,30-6+. The molecule has 0 fully saturated rings. The van der Waals surface area contributed by atoms with Crippen LogP contribution in [0, 0.1) is 0 Å². The summed E-state index contributed by atoms with van der Waals surface area (Å²) >= 11 is 0. The third-order valence-electron chi connectivity index (χ3n) is 8.45. The van der Waals surface area contributed by atoms with E-state index in [-0.39, 0.29) is 0 Å². The average molecular weight is 544 g/mol. The molecular formula is C41H37N. The van der Waals surface area contributed by atoms with Gasteiger partial charge in [0, 0.05) is 18.4 Å². The highest BCUT2D eigenvalue weighted by Crippen LogP contribution is 2.40. The van der Waals surface area contributed by atoms with E-state index >= 15 is 0 Å². The fourth-order valence-electron chi connectivity index (χ4n) is 6.26. The van der Waals surface area contributed by atoms with Crippen molar-refractivity contribution in [3.8, 4) is 0 Å². The molecule has 1 heteroatoms. The summed E-state index contributed by atoms with van der Waals surface area (Å²) < 4.78 is 0. The highest BCUT2D eigenvalue weighted by Gasteiger charge is 2.17. The topological polar surface area (TPSA) is 3.24 Å². The number of para-hydroxylation sites is 1. The van der Waals surface area contributed by atoms with Crippen molar-refractivity contribution in [3.63, 3.8) is 0 Å². The fourth-order valence-corrected chi connectivity index (χ4v) is 6.26. The monoisotopic (exact) mass is 543 g/mol. The Morgan fingerprint density at radius 2 is 1.26 bits per heavy atom. The molecule has 206 valence electrons. The van der Waals surface area contributed by atoms with Crippen LogP contribution < -0.4 is 4.90 Å². The van der Waals surface area contributed by atoms with Gasteiger partial charge in [-0.25, -0.2) is 0 Å². The van der Waals surface area contributed by atoms with Gasteiger partial charge < -0.3 is 4.90 Å². The normalized spacial score (nSPS) is 14.2. The second-order valence-electron chi connectivity index (χ2n) is 11.1. The van der Waals surface area contributed by atoms with Crippen LogP contribution in [0.25, 0.3) is 43.5 Å². The van der Waals surface area contributed by atoms with Gasteiger partial charge in [0.2, 0.25) is 0 Å². The summed E-state index contributed by atoms with van der Waals surface area (Å²) in [6.45, 7) is 10.9. The molecule has 0 unspecified atom stereocenters. The van der Waals surface area contributed by atoms with Gasteiger partial charge in [-0.1, -0.05) is 109 Å². The number of allylic oxidation sites excluding steroid dienone is 10. The molecule has 42 heavy (non-hydrogen) atoms. The lowest BCUT2D eigenvalue weighted by Crippen LogP contribution is -2.17. The predicted octanol–water partition coefficient (Wildman–Crippen LogP) is 11.4. The van der Waals surface area contributed by atoms with Crippen molar-refractivity contribution in [3.05, 3.63) is 162 Å². The third kappa shape index (κ3) is 4.92. The summed E-state index contributed by atoms with van der Waals surface area (Å²) in [7, 11) is 2.15. The lowest BCUT2D eigenvalue weighted by atomic mass is 9.86. The van der Waals surface area contributed by atoms with E-state index < -0.39 is 0 Å². The number of anilines is 1. The SMILES string of the molecule is C=C(C)c1cc2c3ccccc3c3ccccc3c2cc1C(/C=C(\C)C1=C(N(C)c2ccccc2)C=CC=CC1)=C/C. The molecule has 0 aromatic heterocycles. The Hall–Kier alpha value is -4.88. The van der Waals surface area contributed by atoms with Crippen LogP contribution in [-0.4, -0.2) is 7.05 Å². The molecule has 0 bridgehead atoms. The molecule has 0 saturated heterocycles. The fraction of sp³-hybridized carbons (Fsp3) is 0.122. The molecule has 0 atom stereocenters. The van der Waals surface area contributed by atoms with Gasteiger partial charge in [-0.3, -0.25) is 0 Å². The quantitative estimate of drug-likeness (QED) is 0.152. The molecule has 5 aromatic rings. The van der Waals surface area contributed by atoms with Gasteiger partial charge in [0.15, 0.2) is 0 Å². The maximum atomic E-state index is 4.42. The Kier molecular flexibility index (Phi) is 7.50. The van der Waals surface area contributed by atoms with Crippen LogP contribution in [0.15, 0.2) is 151 Å². The summed E-state index contributed by atoms with van der Waals surface area (Å²) in [6, 6.07) is 32.9. The molecule has 1 nitrogen and oxygen atoms in total. The van der Waals surface area contributed by atoms with E-state index in [1.807, 2.05) is 0 Å². The Morgan fingerprint density at radius 3 is 1.83 bits per heavy atom. The second kappa shape index (κ2) is 11.5. The zero-order chi connectivity index (χ0) is 29.2. The summed E-state index contributed by atoms with van der Waals surface area (Å²) in [5.41, 5.74) is 9.65. The first-order valence-corrected chi connectivity index (χ1v) is 14.7. The molecule has 0 saturated carbocycles. The van der Waals surface area contributed by atoms with E-state index in [9.17, 15) is 0 Å². The van der Waals surface area contributed by atoms with E-state index in [0.717, 1.165) is 12.0 Å². The van der Waals surface area contributed by atoms with E-state index in [1.54, 1.807) is 0 Å². The van der Waals surface area contributed by atoms with Crippen LogP contribution >= 0.6 is 0 Å². The zero-order valence-corrected chi connectivity index (χ0v) is 25.0. The first-order chi connectivity index (χ1) is 20.5. The lowest BCUT2D eigenvalue weighted by molar-refractivity contribution is 1.07. The minimum atomic E-state index is 0.876. The molecule has 0 spiro atoms. The molecule has 6 rings (SSSR count). The Labute approximate surface area is 249 Å². The first kappa shape index (κ1) is 27.3. The van der Waals surface area contributed by atoms with Gasteiger partial charge in [-0.05, 0) is 118 Å². The van der Waals surface area contributed by atoms with Crippen molar-refractivity contribution >= 4 is 49.2 Å². The van der Waals surface area contributed by atoms with Gasteiger partial charge >= 0.3 is 0 Å². The molecule has 1 aliphatic rings. The van der Waals surface area contributed by atoms with Gasteiger partial charge in [0.25, 0.3) is 0 Å². The van der Waals surface area contributed by atoms with Crippen LogP contribution in [0.1, 0.15) is 38.3 Å². The van der Waals surface area contributed by atoms with Crippen LogP contribution in [0.4, 0.5) is 5.69 Å². The molecule has 0 N–H and O–H groups in total. The first-order valence-electron chi connectivity index (χ1n) is 14.7. The third-order valence-corrected chi connectivity index (χ3v) is 8.45. The summed E-state index contributed by atoms with van der Waals surface area (Å²) in [5.74, 6) is 0. The molecule has 0 heterocycles. The van der Waals surface area contributed by atoms with Gasteiger partial charge in [-0.2, -0.15) is 0 Å². The largest absolute Gasteiger partial charge is 0.344 e. The minimum absolute atomic E-state index is 0.876. The summed E-state index contributed by atoms with van der Waals surface area (Å²) in [5, 5.41) is 7.70. The van der Waals surface area contributed by atoms with Gasteiger partial charge in [0.05, 0.1) is 0 Å². The molecule has 0 radical (unpaired) electrons. The van der Waals surface area contributed by atoms with Crippen molar-refractivity contribution in [2.24, 2.45) is 0 Å². The van der Waals surface area contributed by atoms with E-state index in [2.05, 4.69) is 167 Å². The number of likely N-dealkylation sites (N-methyl/N-ethyl adjacent to an activating group) is 1. The van der Waals surface area contributed by atoms with Crippen LogP contribution in [0.5, 0.6) is 0 Å². The molecular weight excluding hydrogens is 506 g/mol. The smallest absolute Gasteiger partial charge is 0.0446 e. The molecule has 5 aromatic carbocycles. The highest BCUT2D eigenvalue weighted by atomic mass is 15.1. The maximum absolute atomic E-state index is 4.42. The van der Waals surface area contributed by atoms with E-state index in [1.165, 1.54) is 71.5 Å². The average Bonchev–Trinajstić information content (AvgIpc) is 3.29. The maximum Gasteiger partial charge on any atom is 0.0446 e. The number of nitrogens with zero attached hydrogens (tertiary/aromatic N) is 1. The van der Waals surface area contributed by atoms with Gasteiger partial charge in [0.1, 0.15) is 0 Å². The predicted molar refractivity (Wildman–Crippen MR) is 186 cm³/mol. The van der Waals surface area contributed by atoms with Crippen molar-refractivity contribution in [2.75, 3.05) is 11.9 Å². The van der Waals surface area contributed by atoms with Crippen molar-refractivity contribution in [1.82, 2.24) is 0 Å². The Bertz CT molecular complexity index is 1990. The summed E-state index contributed by atoms with van der Waals surface area (Å²) in [4.78, 5) is 2.29. The van der Waals surface area contributed by atoms with Crippen molar-refractivity contribution in [1.29, 1.82) is 0 Å². The molecule has 0 amide bonds. The second-order valence-corrected chi connectivity index (χ2v) is 11.1. The number of hydrogen-bond acceptors (Lipinski definition) is 1. The number of rotatable bonds is 6. The summed E-state index contributed by atoms with van der Waals surface area (Å²) in [6.07, 6.45) is 14.2. The van der Waals surface area contributed by atoms with E-state index in [4.69, 9.17) is 0 Å². The van der Waals surface area contributed by atoms with Crippen LogP contribution in [-0.2, 0) is 0 Å². The van der Waals surface area contributed by atoms with Crippen molar-refractivity contribution in [2.45, 2.75) is 27.2 Å². The number of fused-ring (bicyclic) bond motifs is 6. The molecule has 1 aliphatic carbocycles. The van der Waals surface area contributed by atoms with Gasteiger partial charge in [-0.15, -0.1) is 0 Å². The molecule has 0 aliphatic heterocycles. The van der Waals surface area contributed by atoms with Crippen LogP contribution in [0.3, 0.4) is 0 Å². The van der Waals surface area contributed by atoms with Crippen molar-refractivity contribution < 1.29 is 0 Å². The minimum Gasteiger partial charge on any atom is -0.344 e. The number of hydrogen-bond donors (Lipinski definition) is 0. The Balaban J connectivity index is 1.56. The Morgan fingerprint density at radius 1 is 0.714 bits per heavy atom. The number of benzene rings is 5. The van der Waals surface area contributed by atoms with Crippen LogP contribution in [0.2, 0.25) is 0 Å².